The SMILES string of the molecule is OCC(F)(F)[C@@H](c1ccccc1Sc1ccc(Cl)cc1)N1CCNCC1. The van der Waals surface area contributed by atoms with Crippen LogP contribution in [0, 0.1) is 0 Å². The van der Waals surface area contributed by atoms with E-state index < -0.39 is 18.6 Å². The molecule has 7 heteroatoms. The lowest BCUT2D eigenvalue weighted by atomic mass is 9.98. The second-order valence-electron chi connectivity index (χ2n) is 6.20. The summed E-state index contributed by atoms with van der Waals surface area (Å²) in [4.78, 5) is 3.44. The third-order valence-corrected chi connectivity index (χ3v) is 5.73. The molecule has 26 heavy (non-hydrogen) atoms. The summed E-state index contributed by atoms with van der Waals surface area (Å²) in [6.45, 7) is 1.16. The smallest absolute Gasteiger partial charge is 0.289 e. The van der Waals surface area contributed by atoms with Gasteiger partial charge in [-0.1, -0.05) is 41.6 Å². The first kappa shape index (κ1) is 19.6. The number of hydrogen-bond acceptors (Lipinski definition) is 4. The van der Waals surface area contributed by atoms with Crippen molar-refractivity contribution < 1.29 is 13.9 Å². The van der Waals surface area contributed by atoms with Crippen LogP contribution >= 0.6 is 23.4 Å². The number of piperazine rings is 1. The topological polar surface area (TPSA) is 35.5 Å². The van der Waals surface area contributed by atoms with Crippen LogP contribution in [0.4, 0.5) is 8.78 Å². The van der Waals surface area contributed by atoms with Crippen LogP contribution in [0.15, 0.2) is 58.3 Å². The lowest BCUT2D eigenvalue weighted by molar-refractivity contribution is -0.119. The van der Waals surface area contributed by atoms with Crippen molar-refractivity contribution in [3.63, 3.8) is 0 Å². The zero-order valence-corrected chi connectivity index (χ0v) is 15.7. The Balaban J connectivity index is 1.97. The third kappa shape index (κ3) is 4.56. The molecule has 3 rings (SSSR count). The molecule has 3 nitrogen and oxygen atoms in total. The van der Waals surface area contributed by atoms with Crippen molar-refractivity contribution in [1.29, 1.82) is 0 Å². The van der Waals surface area contributed by atoms with Crippen LogP contribution in [0.25, 0.3) is 0 Å². The molecule has 2 N–H and O–H groups in total. The first-order valence-corrected chi connectivity index (χ1v) is 9.66. The maximum Gasteiger partial charge on any atom is 0.289 e. The molecule has 1 aliphatic heterocycles. The van der Waals surface area contributed by atoms with E-state index in [0.29, 0.717) is 36.8 Å². The number of nitrogens with one attached hydrogen (secondary N) is 1. The molecule has 2 aromatic carbocycles. The second kappa shape index (κ2) is 8.67. The molecule has 0 aromatic heterocycles. The highest BCUT2D eigenvalue weighted by Gasteiger charge is 2.44. The number of aliphatic hydroxyl groups is 1. The van der Waals surface area contributed by atoms with Crippen LogP contribution in [0.5, 0.6) is 0 Å². The van der Waals surface area contributed by atoms with Gasteiger partial charge in [0.25, 0.3) is 5.92 Å². The Hall–Kier alpha value is -1.18. The fourth-order valence-corrected chi connectivity index (χ4v) is 4.24. The number of nitrogens with zero attached hydrogens (tertiary/aromatic N) is 1. The summed E-state index contributed by atoms with van der Waals surface area (Å²) in [5, 5.41) is 13.2. The molecule has 0 unspecified atom stereocenters. The van der Waals surface area contributed by atoms with E-state index in [1.54, 1.807) is 29.2 Å². The summed E-state index contributed by atoms with van der Waals surface area (Å²) in [7, 11) is 0. The normalized spacial score (nSPS) is 17.2. The Labute approximate surface area is 161 Å². The van der Waals surface area contributed by atoms with Gasteiger partial charge in [0.2, 0.25) is 0 Å². The van der Waals surface area contributed by atoms with Crippen molar-refractivity contribution in [2.24, 2.45) is 0 Å². The highest BCUT2D eigenvalue weighted by atomic mass is 35.5. The van der Waals surface area contributed by atoms with Gasteiger partial charge >= 0.3 is 0 Å². The van der Waals surface area contributed by atoms with Gasteiger partial charge in [0, 0.05) is 41.0 Å². The quantitative estimate of drug-likeness (QED) is 0.769. The summed E-state index contributed by atoms with van der Waals surface area (Å²) in [6, 6.07) is 13.3. The fraction of sp³-hybridized carbons (Fsp3) is 0.368. The molecule has 1 aliphatic rings. The van der Waals surface area contributed by atoms with Crippen LogP contribution in [-0.2, 0) is 0 Å². The van der Waals surface area contributed by atoms with Crippen molar-refractivity contribution >= 4 is 23.4 Å². The van der Waals surface area contributed by atoms with Gasteiger partial charge in [-0.3, -0.25) is 4.90 Å². The Morgan fingerprint density at radius 2 is 1.77 bits per heavy atom. The van der Waals surface area contributed by atoms with Gasteiger partial charge in [-0.15, -0.1) is 0 Å². The third-order valence-electron chi connectivity index (χ3n) is 4.38. The predicted molar refractivity (Wildman–Crippen MR) is 101 cm³/mol. The molecule has 0 spiro atoms. The summed E-state index contributed by atoms with van der Waals surface area (Å²) < 4.78 is 29.4. The van der Waals surface area contributed by atoms with Gasteiger partial charge in [0.05, 0.1) is 0 Å². The number of alkyl halides is 2. The van der Waals surface area contributed by atoms with Crippen molar-refractivity contribution in [2.45, 2.75) is 21.8 Å². The lowest BCUT2D eigenvalue weighted by Gasteiger charge is -2.39. The molecule has 1 saturated heterocycles. The Kier molecular flexibility index (Phi) is 6.53. The Bertz CT molecular complexity index is 724. The molecule has 1 atom stereocenters. The molecular weight excluding hydrogens is 378 g/mol. The van der Waals surface area contributed by atoms with E-state index in [1.807, 2.05) is 24.3 Å². The maximum atomic E-state index is 14.7. The molecular formula is C19H21ClF2N2OS. The minimum Gasteiger partial charge on any atom is -0.390 e. The highest BCUT2D eigenvalue weighted by molar-refractivity contribution is 7.99. The monoisotopic (exact) mass is 398 g/mol. The van der Waals surface area contributed by atoms with Gasteiger partial charge in [-0.05, 0) is 35.9 Å². The van der Waals surface area contributed by atoms with Gasteiger partial charge in [-0.2, -0.15) is 0 Å². The van der Waals surface area contributed by atoms with Crippen LogP contribution in [0.2, 0.25) is 5.02 Å². The number of benzene rings is 2. The second-order valence-corrected chi connectivity index (χ2v) is 7.75. The lowest BCUT2D eigenvalue weighted by Crippen LogP contribution is -2.51. The van der Waals surface area contributed by atoms with Crippen LogP contribution < -0.4 is 5.32 Å². The van der Waals surface area contributed by atoms with Gasteiger partial charge in [-0.25, -0.2) is 8.78 Å². The molecule has 1 fully saturated rings. The van der Waals surface area contributed by atoms with Gasteiger partial charge < -0.3 is 10.4 Å². The number of aliphatic hydroxyl groups excluding tert-OH is 1. The average molecular weight is 399 g/mol. The van der Waals surface area contributed by atoms with Crippen molar-refractivity contribution in [3.05, 3.63) is 59.1 Å². The van der Waals surface area contributed by atoms with E-state index in [1.165, 1.54) is 11.8 Å². The molecule has 0 radical (unpaired) electrons. The summed E-state index contributed by atoms with van der Waals surface area (Å²) >= 11 is 7.35. The number of rotatable bonds is 6. The minimum atomic E-state index is -3.23. The van der Waals surface area contributed by atoms with Gasteiger partial charge in [0.15, 0.2) is 0 Å². The molecule has 1 heterocycles. The fourth-order valence-electron chi connectivity index (χ4n) is 3.15. The van der Waals surface area contributed by atoms with E-state index in [4.69, 9.17) is 11.6 Å². The van der Waals surface area contributed by atoms with Crippen LogP contribution in [0.1, 0.15) is 11.6 Å². The summed E-state index contributed by atoms with van der Waals surface area (Å²) in [6.07, 6.45) is 0. The highest BCUT2D eigenvalue weighted by Crippen LogP contribution is 2.42. The largest absolute Gasteiger partial charge is 0.390 e. The standard InChI is InChI=1S/C19H21ClF2N2OS/c20-14-5-7-15(8-6-14)26-17-4-2-1-3-16(17)18(19(21,22)13-25)24-11-9-23-10-12-24/h1-8,18,23,25H,9-13H2/t18-/m1/s1. The molecule has 0 amide bonds. The van der Waals surface area contributed by atoms with E-state index in [9.17, 15) is 13.9 Å². The van der Waals surface area contributed by atoms with Crippen molar-refractivity contribution in [1.82, 2.24) is 10.2 Å². The molecule has 0 bridgehead atoms. The predicted octanol–water partition coefficient (Wildman–Crippen LogP) is 4.07. The maximum absolute atomic E-state index is 14.7. The van der Waals surface area contributed by atoms with E-state index in [0.717, 1.165) is 9.79 Å². The van der Waals surface area contributed by atoms with Crippen LogP contribution in [-0.4, -0.2) is 48.7 Å². The van der Waals surface area contributed by atoms with E-state index >= 15 is 0 Å². The van der Waals surface area contributed by atoms with Crippen LogP contribution in [0.3, 0.4) is 0 Å². The Morgan fingerprint density at radius 1 is 1.12 bits per heavy atom. The molecule has 0 saturated carbocycles. The zero-order chi connectivity index (χ0) is 18.6. The first-order chi connectivity index (χ1) is 12.5. The minimum absolute atomic E-state index is 0.514. The van der Waals surface area contributed by atoms with Crippen molar-refractivity contribution in [3.8, 4) is 0 Å². The Morgan fingerprint density at radius 3 is 2.42 bits per heavy atom. The molecule has 140 valence electrons. The zero-order valence-electron chi connectivity index (χ0n) is 14.2. The van der Waals surface area contributed by atoms with Gasteiger partial charge in [0.1, 0.15) is 12.6 Å². The van der Waals surface area contributed by atoms with Crippen molar-refractivity contribution in [2.75, 3.05) is 32.8 Å². The van der Waals surface area contributed by atoms with E-state index in [-0.39, 0.29) is 0 Å². The molecule has 0 aliphatic carbocycles. The first-order valence-electron chi connectivity index (χ1n) is 8.47. The average Bonchev–Trinajstić information content (AvgIpc) is 2.66. The summed E-state index contributed by atoms with van der Waals surface area (Å²) in [5.74, 6) is -3.23. The number of hydrogen-bond donors (Lipinski definition) is 2. The number of halogens is 3. The van der Waals surface area contributed by atoms with E-state index in [2.05, 4.69) is 5.32 Å². The summed E-state index contributed by atoms with van der Waals surface area (Å²) in [5.41, 5.74) is 0.536. The molecule has 2 aromatic rings.